The van der Waals surface area contributed by atoms with E-state index in [2.05, 4.69) is 5.32 Å². The van der Waals surface area contributed by atoms with Crippen LogP contribution >= 0.6 is 11.6 Å². The van der Waals surface area contributed by atoms with Crippen LogP contribution in [0.25, 0.3) is 0 Å². The molecule has 0 heterocycles. The first-order valence-electron chi connectivity index (χ1n) is 5.18. The lowest BCUT2D eigenvalue weighted by atomic mass is 10.2. The number of carbonyl (C=O) groups is 1. The van der Waals surface area contributed by atoms with Crippen LogP contribution in [0.2, 0.25) is 5.02 Å². The number of ether oxygens (including phenoxy) is 2. The summed E-state index contributed by atoms with van der Waals surface area (Å²) in [6.07, 6.45) is -0.421. The van der Waals surface area contributed by atoms with Crippen LogP contribution in [0, 0.1) is 6.92 Å². The summed E-state index contributed by atoms with van der Waals surface area (Å²) in [4.78, 5) is 11.7. The first kappa shape index (κ1) is 14.0. The molecule has 5 heteroatoms. The van der Waals surface area contributed by atoms with Crippen molar-refractivity contribution in [2.45, 2.75) is 19.6 Å². The zero-order chi connectivity index (χ0) is 12.8. The van der Waals surface area contributed by atoms with E-state index in [9.17, 15) is 4.79 Å². The van der Waals surface area contributed by atoms with Crippen molar-refractivity contribution >= 4 is 23.2 Å². The van der Waals surface area contributed by atoms with Crippen molar-refractivity contribution in [1.29, 1.82) is 0 Å². The average molecular weight is 258 g/mol. The zero-order valence-corrected chi connectivity index (χ0v) is 10.9. The third kappa shape index (κ3) is 4.34. The third-order valence-electron chi connectivity index (χ3n) is 2.27. The van der Waals surface area contributed by atoms with Crippen LogP contribution in [0.15, 0.2) is 18.2 Å². The smallest absolute Gasteiger partial charge is 0.229 e. The number of hydrogen-bond acceptors (Lipinski definition) is 3. The van der Waals surface area contributed by atoms with Crippen LogP contribution in [0.1, 0.15) is 12.0 Å². The van der Waals surface area contributed by atoms with Gasteiger partial charge in [0.15, 0.2) is 6.29 Å². The van der Waals surface area contributed by atoms with Gasteiger partial charge in [0.2, 0.25) is 5.91 Å². The van der Waals surface area contributed by atoms with Gasteiger partial charge < -0.3 is 14.8 Å². The maximum atomic E-state index is 11.7. The molecule has 0 aliphatic heterocycles. The maximum absolute atomic E-state index is 11.7. The van der Waals surface area contributed by atoms with Gasteiger partial charge in [-0.3, -0.25) is 4.79 Å². The topological polar surface area (TPSA) is 47.6 Å². The number of halogens is 1. The highest BCUT2D eigenvalue weighted by Gasteiger charge is 2.13. The van der Waals surface area contributed by atoms with Gasteiger partial charge in [-0.25, -0.2) is 0 Å². The van der Waals surface area contributed by atoms with Crippen molar-refractivity contribution in [3.63, 3.8) is 0 Å². The second-order valence-electron chi connectivity index (χ2n) is 3.64. The Morgan fingerprint density at radius 2 is 2.06 bits per heavy atom. The molecule has 0 bridgehead atoms. The Morgan fingerprint density at radius 1 is 1.41 bits per heavy atom. The lowest BCUT2D eigenvalue weighted by Crippen LogP contribution is -2.22. The molecule has 1 aromatic carbocycles. The Balaban J connectivity index is 2.64. The molecule has 0 fully saturated rings. The Labute approximate surface area is 106 Å². The predicted octanol–water partition coefficient (Wildman–Crippen LogP) is 2.60. The zero-order valence-electron chi connectivity index (χ0n) is 10.1. The summed E-state index contributed by atoms with van der Waals surface area (Å²) in [6, 6.07) is 5.44. The molecular formula is C12H16ClNO3. The number of benzene rings is 1. The second kappa shape index (κ2) is 6.59. The Kier molecular flexibility index (Phi) is 5.41. The molecule has 94 valence electrons. The fourth-order valence-corrected chi connectivity index (χ4v) is 1.52. The van der Waals surface area contributed by atoms with Crippen molar-refractivity contribution in [2.75, 3.05) is 19.5 Å². The van der Waals surface area contributed by atoms with Crippen LogP contribution in [0.3, 0.4) is 0 Å². The number of rotatable bonds is 5. The van der Waals surface area contributed by atoms with Gasteiger partial charge >= 0.3 is 0 Å². The van der Waals surface area contributed by atoms with E-state index in [1.807, 2.05) is 19.1 Å². The van der Waals surface area contributed by atoms with Gasteiger partial charge in [-0.05, 0) is 24.6 Å². The number of nitrogens with one attached hydrogen (secondary N) is 1. The molecule has 0 aliphatic rings. The van der Waals surface area contributed by atoms with Crippen LogP contribution < -0.4 is 5.32 Å². The molecule has 0 aliphatic carbocycles. The highest BCUT2D eigenvalue weighted by Crippen LogP contribution is 2.22. The molecule has 0 spiro atoms. The minimum Gasteiger partial charge on any atom is -0.355 e. The number of aryl methyl sites for hydroxylation is 1. The summed E-state index contributed by atoms with van der Waals surface area (Å²) in [5.41, 5.74) is 1.63. The molecule has 0 saturated carbocycles. The van der Waals surface area contributed by atoms with Crippen molar-refractivity contribution in [2.24, 2.45) is 0 Å². The van der Waals surface area contributed by atoms with Crippen molar-refractivity contribution in [1.82, 2.24) is 0 Å². The quantitative estimate of drug-likeness (QED) is 0.825. The maximum Gasteiger partial charge on any atom is 0.229 e. The number of anilines is 1. The Bertz CT molecular complexity index is 391. The summed E-state index contributed by atoms with van der Waals surface area (Å²) in [6.45, 7) is 1.93. The van der Waals surface area contributed by atoms with E-state index in [0.717, 1.165) is 5.56 Å². The number of amides is 1. The van der Waals surface area contributed by atoms with E-state index in [-0.39, 0.29) is 12.3 Å². The highest BCUT2D eigenvalue weighted by molar-refractivity contribution is 6.33. The molecule has 1 N–H and O–H groups in total. The summed E-state index contributed by atoms with van der Waals surface area (Å²) < 4.78 is 9.89. The molecule has 1 rings (SSSR count). The number of hydrogen-bond donors (Lipinski definition) is 1. The lowest BCUT2D eigenvalue weighted by molar-refractivity contribution is -0.134. The Morgan fingerprint density at radius 3 is 2.65 bits per heavy atom. The monoisotopic (exact) mass is 257 g/mol. The van der Waals surface area contributed by atoms with Crippen molar-refractivity contribution < 1.29 is 14.3 Å². The van der Waals surface area contributed by atoms with E-state index >= 15 is 0 Å². The molecule has 0 saturated heterocycles. The predicted molar refractivity (Wildman–Crippen MR) is 67.2 cm³/mol. The minimum atomic E-state index is -0.543. The number of carbonyl (C=O) groups excluding carboxylic acids is 1. The van der Waals surface area contributed by atoms with E-state index < -0.39 is 6.29 Å². The molecule has 0 aromatic heterocycles. The average Bonchev–Trinajstić information content (AvgIpc) is 2.31. The fraction of sp³-hybridized carbons (Fsp3) is 0.417. The minimum absolute atomic E-state index is 0.122. The van der Waals surface area contributed by atoms with Crippen molar-refractivity contribution in [3.05, 3.63) is 28.8 Å². The molecular weight excluding hydrogens is 242 g/mol. The van der Waals surface area contributed by atoms with E-state index in [1.54, 1.807) is 6.07 Å². The largest absolute Gasteiger partial charge is 0.355 e. The molecule has 0 atom stereocenters. The summed E-state index contributed by atoms with van der Waals surface area (Å²) in [5, 5.41) is 3.23. The Hall–Kier alpha value is -1.10. The van der Waals surface area contributed by atoms with Gasteiger partial charge in [0.25, 0.3) is 0 Å². The van der Waals surface area contributed by atoms with Gasteiger partial charge in [-0.1, -0.05) is 17.7 Å². The summed E-state index contributed by atoms with van der Waals surface area (Å²) >= 11 is 5.97. The van der Waals surface area contributed by atoms with Gasteiger partial charge in [-0.2, -0.15) is 0 Å². The fourth-order valence-electron chi connectivity index (χ4n) is 1.35. The molecule has 1 aromatic rings. The van der Waals surface area contributed by atoms with Crippen LogP contribution in [-0.2, 0) is 14.3 Å². The van der Waals surface area contributed by atoms with Crippen LogP contribution in [-0.4, -0.2) is 26.4 Å². The van der Waals surface area contributed by atoms with Gasteiger partial charge in [0.1, 0.15) is 0 Å². The van der Waals surface area contributed by atoms with Gasteiger partial charge in [0, 0.05) is 14.2 Å². The van der Waals surface area contributed by atoms with Crippen LogP contribution in [0.4, 0.5) is 5.69 Å². The molecule has 17 heavy (non-hydrogen) atoms. The van der Waals surface area contributed by atoms with E-state index in [1.165, 1.54) is 14.2 Å². The second-order valence-corrected chi connectivity index (χ2v) is 4.04. The number of methoxy groups -OCH3 is 2. The normalized spacial score (nSPS) is 10.6. The van der Waals surface area contributed by atoms with Gasteiger partial charge in [0.05, 0.1) is 17.1 Å². The third-order valence-corrected chi connectivity index (χ3v) is 2.60. The van der Waals surface area contributed by atoms with Gasteiger partial charge in [-0.15, -0.1) is 0 Å². The summed E-state index contributed by atoms with van der Waals surface area (Å²) in [5.74, 6) is -0.203. The SMILES string of the molecule is COC(CC(=O)Nc1cc(C)ccc1Cl)OC. The van der Waals surface area contributed by atoms with E-state index in [4.69, 9.17) is 21.1 Å². The standard InChI is InChI=1S/C12H16ClNO3/c1-8-4-5-9(13)10(6-8)14-11(15)7-12(16-2)17-3/h4-6,12H,7H2,1-3H3,(H,14,15). The summed E-state index contributed by atoms with van der Waals surface area (Å²) in [7, 11) is 2.97. The van der Waals surface area contributed by atoms with Crippen molar-refractivity contribution in [3.8, 4) is 0 Å². The molecule has 0 radical (unpaired) electrons. The lowest BCUT2D eigenvalue weighted by Gasteiger charge is -2.13. The molecule has 4 nitrogen and oxygen atoms in total. The highest BCUT2D eigenvalue weighted by atomic mass is 35.5. The first-order valence-corrected chi connectivity index (χ1v) is 5.56. The molecule has 1 amide bonds. The first-order chi connectivity index (χ1) is 8.06. The van der Waals surface area contributed by atoms with E-state index in [0.29, 0.717) is 10.7 Å². The van der Waals surface area contributed by atoms with Crippen LogP contribution in [0.5, 0.6) is 0 Å². The molecule has 0 unspecified atom stereocenters.